The molecule has 0 saturated carbocycles. The number of rotatable bonds is 5. The van der Waals surface area contributed by atoms with Crippen molar-refractivity contribution < 1.29 is 4.79 Å². The van der Waals surface area contributed by atoms with Gasteiger partial charge in [-0.2, -0.15) is 0 Å². The molecule has 4 aromatic rings. The molecule has 0 aliphatic rings. The van der Waals surface area contributed by atoms with Gasteiger partial charge in [-0.3, -0.25) is 4.79 Å². The van der Waals surface area contributed by atoms with Gasteiger partial charge in [0.1, 0.15) is 0 Å². The molecule has 5 heteroatoms. The summed E-state index contributed by atoms with van der Waals surface area (Å²) in [6.45, 7) is 2.05. The predicted molar refractivity (Wildman–Crippen MR) is 127 cm³/mol. The highest BCUT2D eigenvalue weighted by Gasteiger charge is 2.15. The lowest BCUT2D eigenvalue weighted by Crippen LogP contribution is -2.00. The molecule has 144 valence electrons. The largest absolute Gasteiger partial charge is 0.361 e. The zero-order valence-corrected chi connectivity index (χ0v) is 18.7. The molecule has 0 saturated heterocycles. The fourth-order valence-corrected chi connectivity index (χ4v) is 4.35. The summed E-state index contributed by atoms with van der Waals surface area (Å²) in [4.78, 5) is 18.2. The molecule has 0 aliphatic carbocycles. The molecule has 1 heterocycles. The summed E-state index contributed by atoms with van der Waals surface area (Å²) >= 11 is 11.1. The first-order valence-corrected chi connectivity index (χ1v) is 11.0. The van der Waals surface area contributed by atoms with E-state index in [1.165, 1.54) is 17.3 Å². The molecule has 0 atom stereocenters. The fourth-order valence-electron chi connectivity index (χ4n) is 2.99. The van der Waals surface area contributed by atoms with Crippen LogP contribution in [0, 0.1) is 6.92 Å². The van der Waals surface area contributed by atoms with Gasteiger partial charge < -0.3 is 4.98 Å². The van der Waals surface area contributed by atoms with Crippen molar-refractivity contribution in [1.29, 1.82) is 0 Å². The second kappa shape index (κ2) is 8.62. The predicted octanol–water partition coefficient (Wildman–Crippen LogP) is 7.91. The average molecular weight is 483 g/mol. The van der Waals surface area contributed by atoms with Gasteiger partial charge in [-0.15, -0.1) is 0 Å². The first-order valence-electron chi connectivity index (χ1n) is 9.03. The van der Waals surface area contributed by atoms with E-state index in [2.05, 4.69) is 33.0 Å². The number of benzene rings is 3. The molecule has 4 rings (SSSR count). The van der Waals surface area contributed by atoms with Gasteiger partial charge in [-0.1, -0.05) is 57.0 Å². The van der Waals surface area contributed by atoms with E-state index < -0.39 is 0 Å². The van der Waals surface area contributed by atoms with Crippen molar-refractivity contribution in [3.8, 4) is 0 Å². The van der Waals surface area contributed by atoms with Gasteiger partial charge in [0.25, 0.3) is 0 Å². The summed E-state index contributed by atoms with van der Waals surface area (Å²) < 4.78 is 0.942. The molecule has 0 amide bonds. The highest BCUT2D eigenvalue weighted by Crippen LogP contribution is 2.33. The number of Topliss-reactive ketones (excluding diaryl/α,β-unsaturated/α-hetero) is 1. The Hall–Kier alpha value is -2.27. The van der Waals surface area contributed by atoms with Crippen LogP contribution < -0.4 is 0 Å². The highest BCUT2D eigenvalue weighted by molar-refractivity contribution is 9.10. The minimum absolute atomic E-state index is 0.0144. The molecule has 0 spiro atoms. The number of thioether (sulfide) groups is 1. The van der Waals surface area contributed by atoms with Gasteiger partial charge in [0.15, 0.2) is 5.78 Å². The number of aryl methyl sites for hydroxylation is 1. The van der Waals surface area contributed by atoms with E-state index in [0.29, 0.717) is 15.5 Å². The smallest absolute Gasteiger partial charge is 0.199 e. The lowest BCUT2D eigenvalue weighted by molar-refractivity contribution is 0.104. The van der Waals surface area contributed by atoms with Crippen molar-refractivity contribution in [2.75, 3.05) is 0 Å². The summed E-state index contributed by atoms with van der Waals surface area (Å²) in [5, 5.41) is 1.65. The average Bonchev–Trinajstić information content (AvgIpc) is 3.11. The Labute approximate surface area is 187 Å². The van der Waals surface area contributed by atoms with E-state index in [1.54, 1.807) is 0 Å². The minimum Gasteiger partial charge on any atom is -0.361 e. The van der Waals surface area contributed by atoms with Crippen molar-refractivity contribution in [3.05, 3.63) is 104 Å². The van der Waals surface area contributed by atoms with Gasteiger partial charge in [0.05, 0.1) is 4.91 Å². The van der Waals surface area contributed by atoms with Crippen LogP contribution in [0.5, 0.6) is 0 Å². The van der Waals surface area contributed by atoms with Gasteiger partial charge in [-0.05, 0) is 67.6 Å². The second-order valence-corrected chi connectivity index (χ2v) is 9.16. The standard InChI is InChI=1S/C24H17BrClNOS/c1-15-2-9-20(10-3-15)29-23(24(28)16-4-6-18(25)7-5-16)12-17-14-27-22-11-8-19(26)13-21(17)22/h2-14,27H,1H3. The van der Waals surface area contributed by atoms with Crippen LogP contribution in [-0.4, -0.2) is 10.8 Å². The van der Waals surface area contributed by atoms with E-state index in [1.807, 2.05) is 73.8 Å². The molecular formula is C24H17BrClNOS. The van der Waals surface area contributed by atoms with Crippen LogP contribution in [0.1, 0.15) is 21.5 Å². The van der Waals surface area contributed by atoms with Crippen LogP contribution in [0.3, 0.4) is 0 Å². The number of carbonyl (C=O) groups is 1. The van der Waals surface area contributed by atoms with E-state index in [9.17, 15) is 4.79 Å². The van der Waals surface area contributed by atoms with Gasteiger partial charge in [-0.25, -0.2) is 0 Å². The maximum atomic E-state index is 13.3. The lowest BCUT2D eigenvalue weighted by atomic mass is 10.1. The molecule has 0 radical (unpaired) electrons. The molecule has 1 N–H and O–H groups in total. The lowest BCUT2D eigenvalue weighted by Gasteiger charge is -2.08. The number of hydrogen-bond donors (Lipinski definition) is 1. The number of hydrogen-bond acceptors (Lipinski definition) is 2. The van der Waals surface area contributed by atoms with Crippen LogP contribution in [0.25, 0.3) is 17.0 Å². The Morgan fingerprint density at radius 1 is 1.03 bits per heavy atom. The Kier molecular flexibility index (Phi) is 5.95. The highest BCUT2D eigenvalue weighted by atomic mass is 79.9. The third kappa shape index (κ3) is 4.67. The minimum atomic E-state index is -0.0144. The summed E-state index contributed by atoms with van der Waals surface area (Å²) in [6, 6.07) is 21.3. The Morgan fingerprint density at radius 3 is 2.48 bits per heavy atom. The third-order valence-corrected chi connectivity index (χ3v) is 6.34. The van der Waals surface area contributed by atoms with E-state index in [-0.39, 0.29) is 5.78 Å². The van der Waals surface area contributed by atoms with Crippen LogP contribution in [0.2, 0.25) is 5.02 Å². The number of nitrogens with one attached hydrogen (secondary N) is 1. The quantitative estimate of drug-likeness (QED) is 0.178. The number of halogens is 2. The van der Waals surface area contributed by atoms with Crippen LogP contribution >= 0.6 is 39.3 Å². The van der Waals surface area contributed by atoms with E-state index in [4.69, 9.17) is 11.6 Å². The third-order valence-electron chi connectivity index (χ3n) is 4.54. The summed E-state index contributed by atoms with van der Waals surface area (Å²) in [5.74, 6) is -0.0144. The molecule has 1 aromatic heterocycles. The van der Waals surface area contributed by atoms with Crippen molar-refractivity contribution >= 4 is 62.1 Å². The van der Waals surface area contributed by atoms with Crippen LogP contribution in [-0.2, 0) is 0 Å². The number of ketones is 1. The summed E-state index contributed by atoms with van der Waals surface area (Å²) in [6.07, 6.45) is 3.84. The monoisotopic (exact) mass is 481 g/mol. The maximum Gasteiger partial charge on any atom is 0.199 e. The van der Waals surface area contributed by atoms with Crippen molar-refractivity contribution in [1.82, 2.24) is 4.98 Å². The topological polar surface area (TPSA) is 32.9 Å². The number of aromatic amines is 1. The van der Waals surface area contributed by atoms with E-state index >= 15 is 0 Å². The molecule has 2 nitrogen and oxygen atoms in total. The molecule has 0 bridgehead atoms. The number of fused-ring (bicyclic) bond motifs is 1. The molecule has 0 fully saturated rings. The normalized spacial score (nSPS) is 11.8. The molecule has 0 aliphatic heterocycles. The molecule has 29 heavy (non-hydrogen) atoms. The summed E-state index contributed by atoms with van der Waals surface area (Å²) in [7, 11) is 0. The molecular weight excluding hydrogens is 466 g/mol. The van der Waals surface area contributed by atoms with Crippen molar-refractivity contribution in [3.63, 3.8) is 0 Å². The first-order chi connectivity index (χ1) is 14.0. The number of carbonyl (C=O) groups excluding carboxylic acids is 1. The van der Waals surface area contributed by atoms with E-state index in [0.717, 1.165) is 25.8 Å². The van der Waals surface area contributed by atoms with Crippen LogP contribution in [0.15, 0.2) is 87.2 Å². The van der Waals surface area contributed by atoms with Crippen molar-refractivity contribution in [2.45, 2.75) is 11.8 Å². The molecule has 3 aromatic carbocycles. The number of H-pyrrole nitrogens is 1. The Bertz CT molecular complexity index is 1210. The fraction of sp³-hybridized carbons (Fsp3) is 0.0417. The zero-order valence-electron chi connectivity index (χ0n) is 15.6. The van der Waals surface area contributed by atoms with Gasteiger partial charge in [0, 0.05) is 42.6 Å². The Balaban J connectivity index is 1.78. The summed E-state index contributed by atoms with van der Waals surface area (Å²) in [5.41, 5.74) is 3.75. The van der Waals surface area contributed by atoms with Crippen LogP contribution in [0.4, 0.5) is 0 Å². The first kappa shape index (κ1) is 20.0. The van der Waals surface area contributed by atoms with Gasteiger partial charge in [0.2, 0.25) is 0 Å². The molecule has 0 unspecified atom stereocenters. The van der Waals surface area contributed by atoms with Crippen molar-refractivity contribution in [2.24, 2.45) is 0 Å². The second-order valence-electron chi connectivity index (χ2n) is 6.69. The number of aromatic nitrogens is 1. The van der Waals surface area contributed by atoms with Gasteiger partial charge >= 0.3 is 0 Å². The zero-order chi connectivity index (χ0) is 20.4. The Morgan fingerprint density at radius 2 is 1.76 bits per heavy atom. The number of allylic oxidation sites excluding steroid dienone is 1. The SMILES string of the molecule is Cc1ccc(SC(=Cc2c[nH]c3ccc(Cl)cc23)C(=O)c2ccc(Br)cc2)cc1. The maximum absolute atomic E-state index is 13.3.